The van der Waals surface area contributed by atoms with E-state index in [0.29, 0.717) is 22.6 Å². The number of halogens is 5. The van der Waals surface area contributed by atoms with Crippen LogP contribution in [0.3, 0.4) is 0 Å². The summed E-state index contributed by atoms with van der Waals surface area (Å²) in [5.74, 6) is -3.53. The molecule has 3 amide bonds. The topological polar surface area (TPSA) is 119 Å². The molecule has 1 aliphatic heterocycles. The van der Waals surface area contributed by atoms with Gasteiger partial charge in [-0.25, -0.2) is 23.1 Å². The monoisotopic (exact) mass is 638 g/mol. The van der Waals surface area contributed by atoms with Gasteiger partial charge in [0.05, 0.1) is 49.4 Å². The molecule has 2 saturated carbocycles. The first-order valence-corrected chi connectivity index (χ1v) is 15.1. The molecule has 0 bridgehead atoms. The molecule has 6 rings (SSSR count). The molecule has 244 valence electrons. The van der Waals surface area contributed by atoms with E-state index in [1.807, 2.05) is 19.2 Å². The van der Waals surface area contributed by atoms with Crippen LogP contribution in [-0.2, 0) is 4.74 Å². The van der Waals surface area contributed by atoms with Crippen LogP contribution < -0.4 is 10.6 Å². The lowest BCUT2D eigenvalue weighted by atomic mass is 9.81. The Morgan fingerprint density at radius 2 is 1.91 bits per heavy atom. The Labute approximate surface area is 255 Å². The number of rotatable bonds is 10. The van der Waals surface area contributed by atoms with Crippen LogP contribution in [0.25, 0.3) is 5.65 Å². The van der Waals surface area contributed by atoms with Gasteiger partial charge < -0.3 is 20.3 Å². The van der Waals surface area contributed by atoms with Crippen LogP contribution in [0, 0.1) is 5.92 Å². The van der Waals surface area contributed by atoms with Crippen molar-refractivity contribution in [1.82, 2.24) is 39.9 Å². The second-order valence-corrected chi connectivity index (χ2v) is 12.4. The van der Waals surface area contributed by atoms with Gasteiger partial charge in [-0.15, -0.1) is 0 Å². The zero-order valence-corrected chi connectivity index (χ0v) is 24.8. The molecule has 0 aromatic carbocycles. The molecule has 3 aromatic heterocycles. The van der Waals surface area contributed by atoms with Gasteiger partial charge in [0.15, 0.2) is 5.65 Å². The number of carbonyl (C=O) groups excluding carboxylic acids is 2. The summed E-state index contributed by atoms with van der Waals surface area (Å²) in [6, 6.07) is -1.34. The number of alkyl halides is 5. The van der Waals surface area contributed by atoms with Crippen molar-refractivity contribution in [2.75, 3.05) is 13.2 Å². The summed E-state index contributed by atoms with van der Waals surface area (Å²) in [4.78, 5) is 31.9. The quantitative estimate of drug-likeness (QED) is 0.303. The van der Waals surface area contributed by atoms with Gasteiger partial charge in [-0.3, -0.25) is 9.48 Å². The lowest BCUT2D eigenvalue weighted by Crippen LogP contribution is -2.40. The van der Waals surface area contributed by atoms with Crippen molar-refractivity contribution in [1.29, 1.82) is 0 Å². The number of hydrogen-bond acceptors (Lipinski definition) is 6. The number of urea groups is 1. The zero-order valence-electron chi connectivity index (χ0n) is 24.8. The van der Waals surface area contributed by atoms with Gasteiger partial charge in [-0.05, 0) is 57.6 Å². The fourth-order valence-electron chi connectivity index (χ4n) is 6.03. The third-order valence-corrected chi connectivity index (χ3v) is 8.70. The summed E-state index contributed by atoms with van der Waals surface area (Å²) in [7, 11) is 0. The minimum Gasteiger partial charge on any atom is -0.376 e. The Kier molecular flexibility index (Phi) is 8.20. The highest BCUT2D eigenvalue weighted by molar-refractivity contribution is 5.92. The van der Waals surface area contributed by atoms with Gasteiger partial charge >= 0.3 is 12.2 Å². The Bertz CT molecular complexity index is 1540. The molecule has 3 aliphatic rings. The SMILES string of the molecule is CC(C)n1nccc1C(=O)NC(c1cn2ncc(C(COC3CC3)N3CC(C(F)(F)F)NC3=O)cc2n1)C1CCC(F)(F)CC1. The molecule has 2 N–H and O–H groups in total. The molecule has 3 aromatic rings. The molecular formula is C29H35F5N8O3. The van der Waals surface area contributed by atoms with Gasteiger partial charge in [0.1, 0.15) is 11.7 Å². The molecule has 16 heteroatoms. The van der Waals surface area contributed by atoms with Crippen LogP contribution in [0.1, 0.15) is 92.2 Å². The van der Waals surface area contributed by atoms with Crippen LogP contribution in [0.5, 0.6) is 0 Å². The Hall–Kier alpha value is -3.82. The molecule has 0 radical (unpaired) electrons. The maximum Gasteiger partial charge on any atom is 0.410 e. The van der Waals surface area contributed by atoms with E-state index in [4.69, 9.17) is 9.72 Å². The number of fused-ring (bicyclic) bond motifs is 1. The predicted octanol–water partition coefficient (Wildman–Crippen LogP) is 4.98. The van der Waals surface area contributed by atoms with E-state index in [0.717, 1.165) is 17.7 Å². The van der Waals surface area contributed by atoms with Crippen molar-refractivity contribution in [2.24, 2.45) is 5.92 Å². The molecule has 11 nitrogen and oxygen atoms in total. The molecule has 1 saturated heterocycles. The van der Waals surface area contributed by atoms with Gasteiger partial charge in [0.2, 0.25) is 5.92 Å². The number of nitrogens with one attached hydrogen (secondary N) is 2. The summed E-state index contributed by atoms with van der Waals surface area (Å²) in [5, 5.41) is 13.6. The van der Waals surface area contributed by atoms with Crippen molar-refractivity contribution in [3.8, 4) is 0 Å². The number of amides is 3. The van der Waals surface area contributed by atoms with E-state index in [1.165, 1.54) is 16.9 Å². The van der Waals surface area contributed by atoms with E-state index in [-0.39, 0.29) is 50.4 Å². The minimum atomic E-state index is -4.61. The summed E-state index contributed by atoms with van der Waals surface area (Å²) < 4.78 is 77.4. The predicted molar refractivity (Wildman–Crippen MR) is 150 cm³/mol. The molecule has 2 aliphatic carbocycles. The van der Waals surface area contributed by atoms with Crippen molar-refractivity contribution in [3.63, 3.8) is 0 Å². The van der Waals surface area contributed by atoms with Crippen LogP contribution in [0.2, 0.25) is 0 Å². The smallest absolute Gasteiger partial charge is 0.376 e. The highest BCUT2D eigenvalue weighted by atomic mass is 19.4. The Morgan fingerprint density at radius 3 is 2.56 bits per heavy atom. The van der Waals surface area contributed by atoms with E-state index in [1.54, 1.807) is 23.0 Å². The first-order chi connectivity index (χ1) is 21.3. The Morgan fingerprint density at radius 1 is 1.18 bits per heavy atom. The lowest BCUT2D eigenvalue weighted by Gasteiger charge is -2.33. The van der Waals surface area contributed by atoms with E-state index >= 15 is 0 Å². The van der Waals surface area contributed by atoms with Gasteiger partial charge in [0.25, 0.3) is 5.91 Å². The molecule has 3 fully saturated rings. The molecule has 3 atom stereocenters. The third-order valence-electron chi connectivity index (χ3n) is 8.70. The molecule has 4 heterocycles. The molecular weight excluding hydrogens is 603 g/mol. The molecule has 0 spiro atoms. The molecule has 3 unspecified atom stereocenters. The van der Waals surface area contributed by atoms with Crippen LogP contribution in [0.15, 0.2) is 30.7 Å². The number of imidazole rings is 1. The molecule has 45 heavy (non-hydrogen) atoms. The first-order valence-electron chi connectivity index (χ1n) is 15.1. The zero-order chi connectivity index (χ0) is 32.1. The Balaban J connectivity index is 1.30. The fourth-order valence-corrected chi connectivity index (χ4v) is 6.03. The van der Waals surface area contributed by atoms with E-state index in [9.17, 15) is 31.5 Å². The second kappa shape index (κ2) is 11.8. The number of ether oxygens (including phenoxy) is 1. The third kappa shape index (κ3) is 6.75. The summed E-state index contributed by atoms with van der Waals surface area (Å²) in [6.07, 6.45) is 1.32. The van der Waals surface area contributed by atoms with Crippen LogP contribution >= 0.6 is 0 Å². The summed E-state index contributed by atoms with van der Waals surface area (Å²) in [6.45, 7) is 3.16. The number of carbonyl (C=O) groups is 2. The number of nitrogens with zero attached hydrogens (tertiary/aromatic N) is 6. The number of hydrogen-bond donors (Lipinski definition) is 2. The maximum atomic E-state index is 14.1. The van der Waals surface area contributed by atoms with Crippen molar-refractivity contribution in [2.45, 2.75) is 94.7 Å². The normalized spacial score (nSPS) is 22.2. The van der Waals surface area contributed by atoms with Crippen molar-refractivity contribution >= 4 is 17.6 Å². The average molecular weight is 639 g/mol. The maximum absolute atomic E-state index is 14.1. The van der Waals surface area contributed by atoms with Crippen LogP contribution in [0.4, 0.5) is 26.7 Å². The van der Waals surface area contributed by atoms with E-state index < -0.39 is 48.7 Å². The highest BCUT2D eigenvalue weighted by Crippen LogP contribution is 2.41. The van der Waals surface area contributed by atoms with Gasteiger partial charge in [0, 0.05) is 30.6 Å². The van der Waals surface area contributed by atoms with E-state index in [2.05, 4.69) is 15.5 Å². The van der Waals surface area contributed by atoms with Gasteiger partial charge in [-0.1, -0.05) is 0 Å². The number of aromatic nitrogens is 5. The first kappa shape index (κ1) is 31.2. The van der Waals surface area contributed by atoms with Gasteiger partial charge in [-0.2, -0.15) is 23.4 Å². The second-order valence-electron chi connectivity index (χ2n) is 12.4. The fraction of sp³-hybridized carbons (Fsp3) is 0.621. The average Bonchev–Trinajstić information content (AvgIpc) is 3.32. The van der Waals surface area contributed by atoms with Crippen molar-refractivity contribution in [3.05, 3.63) is 47.7 Å². The highest BCUT2D eigenvalue weighted by Gasteiger charge is 2.49. The summed E-state index contributed by atoms with van der Waals surface area (Å²) >= 11 is 0. The largest absolute Gasteiger partial charge is 0.410 e. The standard InChI is InChI=1S/C29H35F5N8O3/c1-16(2)42-21(7-10-35-42)26(43)39-25(17-5-8-28(30,31)9-6-17)20-13-41-24(37-20)11-18(12-36-41)22(15-45-19-3-4-19)40-14-23(29(32,33)34)38-27(40)44/h7,10-13,16-17,19,22-23,25H,3-6,8-9,14-15H2,1-2H3,(H,38,44)(H,39,43). The minimum absolute atomic E-state index is 0.00876. The summed E-state index contributed by atoms with van der Waals surface area (Å²) in [5.41, 5.74) is 1.47. The lowest BCUT2D eigenvalue weighted by molar-refractivity contribution is -0.150. The van der Waals surface area contributed by atoms with Crippen molar-refractivity contribution < 1.29 is 36.3 Å². The van der Waals surface area contributed by atoms with Crippen LogP contribution in [-0.4, -0.2) is 78.6 Å².